The molecule has 0 saturated carbocycles. The lowest BCUT2D eigenvalue weighted by molar-refractivity contribution is -0.117. The van der Waals surface area contributed by atoms with Gasteiger partial charge >= 0.3 is 0 Å². The number of rotatable bonds is 6. The molecule has 1 amide bonds. The average molecular weight is 372 g/mol. The molecular formula is C20H24N2O3S. The first-order chi connectivity index (χ1) is 12.4. The van der Waals surface area contributed by atoms with Crippen LogP contribution in [0, 0.1) is 0 Å². The van der Waals surface area contributed by atoms with Crippen molar-refractivity contribution < 1.29 is 13.2 Å². The Bertz CT molecular complexity index is 890. The Morgan fingerprint density at radius 3 is 2.38 bits per heavy atom. The third-order valence-electron chi connectivity index (χ3n) is 4.66. The van der Waals surface area contributed by atoms with Gasteiger partial charge in [0.05, 0.1) is 4.90 Å². The zero-order valence-corrected chi connectivity index (χ0v) is 15.9. The largest absolute Gasteiger partial charge is 0.312 e. The molecule has 2 aromatic carbocycles. The molecule has 138 valence electrons. The monoisotopic (exact) mass is 372 g/mol. The van der Waals surface area contributed by atoms with Gasteiger partial charge in [0.25, 0.3) is 0 Å². The third kappa shape index (κ3) is 3.97. The topological polar surface area (TPSA) is 66.5 Å². The van der Waals surface area contributed by atoms with Gasteiger partial charge in [0.2, 0.25) is 15.9 Å². The lowest BCUT2D eigenvalue weighted by atomic mass is 9.97. The summed E-state index contributed by atoms with van der Waals surface area (Å²) in [6.45, 7) is 5.12. The van der Waals surface area contributed by atoms with E-state index in [4.69, 9.17) is 0 Å². The van der Waals surface area contributed by atoms with E-state index in [0.717, 1.165) is 23.2 Å². The summed E-state index contributed by atoms with van der Waals surface area (Å²) in [5.41, 5.74) is 2.86. The summed E-state index contributed by atoms with van der Waals surface area (Å²) in [7, 11) is -3.61. The van der Waals surface area contributed by atoms with E-state index in [1.165, 1.54) is 0 Å². The maximum atomic E-state index is 12.6. The fourth-order valence-corrected chi connectivity index (χ4v) is 4.25. The van der Waals surface area contributed by atoms with Gasteiger partial charge in [-0.2, -0.15) is 0 Å². The van der Waals surface area contributed by atoms with Gasteiger partial charge in [-0.3, -0.25) is 4.79 Å². The number of anilines is 1. The van der Waals surface area contributed by atoms with Crippen LogP contribution in [0.2, 0.25) is 0 Å². The summed E-state index contributed by atoms with van der Waals surface area (Å²) in [6.07, 6.45) is 1.40. The lowest BCUT2D eigenvalue weighted by Gasteiger charge is -2.16. The van der Waals surface area contributed by atoms with Crippen LogP contribution in [-0.2, 0) is 21.4 Å². The fraction of sp³-hybridized carbons (Fsp3) is 0.350. The van der Waals surface area contributed by atoms with Crippen molar-refractivity contribution in [2.75, 3.05) is 11.4 Å². The van der Waals surface area contributed by atoms with Gasteiger partial charge in [-0.1, -0.05) is 38.1 Å². The number of benzene rings is 2. The van der Waals surface area contributed by atoms with Gasteiger partial charge in [0, 0.05) is 25.2 Å². The molecule has 1 N–H and O–H groups in total. The molecule has 0 unspecified atom stereocenters. The molecular weight excluding hydrogens is 348 g/mol. The molecule has 2 aromatic rings. The maximum absolute atomic E-state index is 12.6. The maximum Gasteiger partial charge on any atom is 0.240 e. The zero-order chi connectivity index (χ0) is 18.7. The van der Waals surface area contributed by atoms with Crippen LogP contribution in [-0.4, -0.2) is 20.9 Å². The van der Waals surface area contributed by atoms with Gasteiger partial charge in [-0.05, 0) is 47.7 Å². The van der Waals surface area contributed by atoms with Crippen LogP contribution in [0.4, 0.5) is 5.69 Å². The van der Waals surface area contributed by atoms with E-state index in [1.807, 2.05) is 24.3 Å². The fourth-order valence-electron chi connectivity index (χ4n) is 3.24. The average Bonchev–Trinajstić information content (AvgIpc) is 3.06. The van der Waals surface area contributed by atoms with Crippen molar-refractivity contribution in [2.24, 2.45) is 0 Å². The van der Waals surface area contributed by atoms with Crippen molar-refractivity contribution in [3.05, 3.63) is 59.7 Å². The zero-order valence-electron chi connectivity index (χ0n) is 15.1. The van der Waals surface area contributed by atoms with Crippen LogP contribution in [0.1, 0.15) is 43.7 Å². The van der Waals surface area contributed by atoms with Gasteiger partial charge in [-0.25, -0.2) is 13.1 Å². The molecule has 1 fully saturated rings. The van der Waals surface area contributed by atoms with Crippen molar-refractivity contribution >= 4 is 21.6 Å². The highest BCUT2D eigenvalue weighted by Gasteiger charge is 2.22. The molecule has 0 aromatic heterocycles. The van der Waals surface area contributed by atoms with Gasteiger partial charge in [-0.15, -0.1) is 0 Å². The predicted molar refractivity (Wildman–Crippen MR) is 103 cm³/mol. The molecule has 1 aliphatic heterocycles. The minimum atomic E-state index is -3.61. The molecule has 6 heteroatoms. The minimum Gasteiger partial charge on any atom is -0.312 e. The van der Waals surface area contributed by atoms with Gasteiger partial charge in [0.15, 0.2) is 0 Å². The molecule has 0 bridgehead atoms. The van der Waals surface area contributed by atoms with Crippen molar-refractivity contribution in [3.63, 3.8) is 0 Å². The molecule has 3 rings (SSSR count). The summed E-state index contributed by atoms with van der Waals surface area (Å²) < 4.78 is 27.9. The molecule has 1 aliphatic rings. The van der Waals surface area contributed by atoms with E-state index in [1.54, 1.807) is 29.2 Å². The van der Waals surface area contributed by atoms with Crippen LogP contribution < -0.4 is 9.62 Å². The Kier molecular flexibility index (Phi) is 5.44. The summed E-state index contributed by atoms with van der Waals surface area (Å²) in [4.78, 5) is 13.7. The number of amides is 1. The number of hydrogen-bond donors (Lipinski definition) is 1. The van der Waals surface area contributed by atoms with Crippen LogP contribution in [0.25, 0.3) is 0 Å². The summed E-state index contributed by atoms with van der Waals surface area (Å²) >= 11 is 0. The SMILES string of the molecule is CC(C)c1ccccc1CNS(=O)(=O)c1ccc(N2CCCC2=O)cc1. The van der Waals surface area contributed by atoms with E-state index in [9.17, 15) is 13.2 Å². The first kappa shape index (κ1) is 18.6. The quantitative estimate of drug-likeness (QED) is 0.845. The highest BCUT2D eigenvalue weighted by atomic mass is 32.2. The third-order valence-corrected chi connectivity index (χ3v) is 6.08. The Hall–Kier alpha value is -2.18. The first-order valence-corrected chi connectivity index (χ1v) is 10.3. The minimum absolute atomic E-state index is 0.0871. The second-order valence-electron chi connectivity index (χ2n) is 6.82. The number of sulfonamides is 1. The van der Waals surface area contributed by atoms with Crippen molar-refractivity contribution in [1.82, 2.24) is 4.72 Å². The molecule has 0 spiro atoms. The molecule has 0 atom stereocenters. The van der Waals surface area contributed by atoms with Crippen molar-refractivity contribution in [3.8, 4) is 0 Å². The van der Waals surface area contributed by atoms with Crippen molar-refractivity contribution in [2.45, 2.75) is 44.0 Å². The summed E-state index contributed by atoms with van der Waals surface area (Å²) in [5, 5.41) is 0. The number of hydrogen-bond acceptors (Lipinski definition) is 3. The smallest absolute Gasteiger partial charge is 0.240 e. The van der Waals surface area contributed by atoms with E-state index in [0.29, 0.717) is 18.9 Å². The number of carbonyl (C=O) groups excluding carboxylic acids is 1. The Balaban J connectivity index is 1.73. The van der Waals surface area contributed by atoms with Crippen LogP contribution >= 0.6 is 0 Å². The Morgan fingerprint density at radius 2 is 1.77 bits per heavy atom. The molecule has 5 nitrogen and oxygen atoms in total. The van der Waals surface area contributed by atoms with Crippen LogP contribution in [0.3, 0.4) is 0 Å². The molecule has 26 heavy (non-hydrogen) atoms. The van der Waals surface area contributed by atoms with Gasteiger partial charge < -0.3 is 4.90 Å². The van der Waals surface area contributed by atoms with E-state index in [2.05, 4.69) is 18.6 Å². The standard InChI is InChI=1S/C20H24N2O3S/c1-15(2)19-7-4-3-6-16(19)14-21-26(24,25)18-11-9-17(10-12-18)22-13-5-8-20(22)23/h3-4,6-7,9-12,15,21H,5,8,13-14H2,1-2H3. The summed E-state index contributed by atoms with van der Waals surface area (Å²) in [6, 6.07) is 14.3. The Morgan fingerprint density at radius 1 is 1.08 bits per heavy atom. The summed E-state index contributed by atoms with van der Waals surface area (Å²) in [5.74, 6) is 0.414. The van der Waals surface area contributed by atoms with E-state index in [-0.39, 0.29) is 17.3 Å². The second-order valence-corrected chi connectivity index (χ2v) is 8.59. The molecule has 1 heterocycles. The lowest BCUT2D eigenvalue weighted by Crippen LogP contribution is -2.25. The van der Waals surface area contributed by atoms with Gasteiger partial charge in [0.1, 0.15) is 0 Å². The van der Waals surface area contributed by atoms with Crippen LogP contribution in [0.5, 0.6) is 0 Å². The van der Waals surface area contributed by atoms with E-state index >= 15 is 0 Å². The normalized spacial score (nSPS) is 15.0. The number of nitrogens with zero attached hydrogens (tertiary/aromatic N) is 1. The van der Waals surface area contributed by atoms with E-state index < -0.39 is 10.0 Å². The molecule has 0 radical (unpaired) electrons. The van der Waals surface area contributed by atoms with Crippen LogP contribution in [0.15, 0.2) is 53.4 Å². The first-order valence-electron chi connectivity index (χ1n) is 8.86. The number of nitrogens with one attached hydrogen (secondary N) is 1. The second kappa shape index (κ2) is 7.60. The number of carbonyl (C=O) groups is 1. The highest BCUT2D eigenvalue weighted by Crippen LogP contribution is 2.23. The molecule has 1 saturated heterocycles. The van der Waals surface area contributed by atoms with Crippen molar-refractivity contribution in [1.29, 1.82) is 0 Å². The highest BCUT2D eigenvalue weighted by molar-refractivity contribution is 7.89. The Labute approximate surface area is 155 Å². The predicted octanol–water partition coefficient (Wildman–Crippen LogP) is 3.42. The molecule has 0 aliphatic carbocycles.